The zero-order valence-corrected chi connectivity index (χ0v) is 26.1. The van der Waals surface area contributed by atoms with Crippen LogP contribution in [0, 0.1) is 0 Å². The molecule has 0 aromatic carbocycles. The molecule has 2 heterocycles. The van der Waals surface area contributed by atoms with Crippen LogP contribution in [0.1, 0.15) is 25.7 Å². The predicted octanol–water partition coefficient (Wildman–Crippen LogP) is 5.29. The largest absolute Gasteiger partial charge is 0.743 e. The van der Waals surface area contributed by atoms with E-state index in [1.54, 1.807) is 0 Å². The van der Waals surface area contributed by atoms with E-state index in [1.165, 1.54) is 48.7 Å². The Hall–Kier alpha value is -1.07. The van der Waals surface area contributed by atoms with Gasteiger partial charge in [0.1, 0.15) is 23.0 Å². The van der Waals surface area contributed by atoms with Crippen molar-refractivity contribution in [1.29, 1.82) is 0 Å². The first-order chi connectivity index (χ1) is 20.8. The molecule has 7 nitrogen and oxygen atoms in total. The highest BCUT2D eigenvalue weighted by Crippen LogP contribution is 2.55. The van der Waals surface area contributed by atoms with Gasteiger partial charge in [0.15, 0.2) is 31.7 Å². The first-order valence-corrected chi connectivity index (χ1v) is 18.2. The van der Waals surface area contributed by atoms with Gasteiger partial charge >= 0.3 is 46.6 Å². The van der Waals surface area contributed by atoms with Crippen molar-refractivity contribution in [2.45, 2.75) is 72.2 Å². The van der Waals surface area contributed by atoms with Gasteiger partial charge in [-0.1, -0.05) is 0 Å². The van der Waals surface area contributed by atoms with Crippen molar-refractivity contribution in [1.82, 2.24) is 0 Å². The zero-order valence-electron chi connectivity index (χ0n) is 22.9. The number of ketones is 1. The zero-order chi connectivity index (χ0) is 38.8. The highest BCUT2D eigenvalue weighted by molar-refractivity contribution is 7.99. The molecule has 0 radical (unpaired) electrons. The summed E-state index contributed by atoms with van der Waals surface area (Å²) in [5, 5.41) is -14.2. The van der Waals surface area contributed by atoms with Gasteiger partial charge in [0.2, 0.25) is 5.78 Å². The van der Waals surface area contributed by atoms with Crippen molar-refractivity contribution in [3.63, 3.8) is 0 Å². The monoisotopic (exact) mass is 830 g/mol. The molecule has 288 valence electrons. The summed E-state index contributed by atoms with van der Waals surface area (Å²) in [6, 6.07) is 0. The van der Waals surface area contributed by atoms with E-state index in [1.807, 2.05) is 0 Å². The maximum absolute atomic E-state index is 12.2. The molecule has 2 fully saturated rings. The number of alkyl halides is 18. The molecule has 0 bridgehead atoms. The maximum atomic E-state index is 12.2. The van der Waals surface area contributed by atoms with Crippen molar-refractivity contribution in [3.8, 4) is 0 Å². The minimum absolute atomic E-state index is 0.498. The number of halogens is 18. The smallest absolute Gasteiger partial charge is 0.460 e. The third-order valence-corrected chi connectivity index (χ3v) is 12.5. The minimum atomic E-state index is -7.43. The lowest BCUT2D eigenvalue weighted by Gasteiger charge is -2.34. The highest BCUT2D eigenvalue weighted by Gasteiger charge is 2.85. The average Bonchev–Trinajstić information content (AvgIpc) is 3.56. The summed E-state index contributed by atoms with van der Waals surface area (Å²) in [4.78, 5) is 11.8. The topological polar surface area (TPSA) is 131 Å². The molecule has 0 aliphatic carbocycles. The number of carbonyl (C=O) groups excluding carboxylic acids is 1. The molecule has 0 amide bonds. The van der Waals surface area contributed by atoms with Crippen molar-refractivity contribution in [2.75, 3.05) is 34.5 Å². The molecule has 2 aliphatic heterocycles. The van der Waals surface area contributed by atoms with Crippen LogP contribution in [0.2, 0.25) is 0 Å². The Morgan fingerprint density at radius 1 is 0.458 bits per heavy atom. The second-order valence-corrected chi connectivity index (χ2v) is 17.0. The van der Waals surface area contributed by atoms with E-state index in [9.17, 15) is 110 Å². The van der Waals surface area contributed by atoms with Gasteiger partial charge in [-0.05, 0) is 47.5 Å². The molecule has 2 saturated heterocycles. The van der Waals surface area contributed by atoms with Crippen molar-refractivity contribution in [3.05, 3.63) is 0 Å². The van der Waals surface area contributed by atoms with Gasteiger partial charge in [0.25, 0.3) is 0 Å². The van der Waals surface area contributed by atoms with E-state index in [0.717, 1.165) is 11.5 Å². The summed E-state index contributed by atoms with van der Waals surface area (Å²) in [6.45, 7) is 0. The van der Waals surface area contributed by atoms with Crippen LogP contribution in [-0.4, -0.2) is 113 Å². The second-order valence-electron chi connectivity index (χ2n) is 9.52. The van der Waals surface area contributed by atoms with E-state index >= 15 is 0 Å². The van der Waals surface area contributed by atoms with Crippen LogP contribution in [0.15, 0.2) is 0 Å². The van der Waals surface area contributed by atoms with Gasteiger partial charge in [-0.2, -0.15) is 79.0 Å². The van der Waals surface area contributed by atoms with Gasteiger partial charge in [-0.15, -0.1) is 0 Å². The normalized spacial score (nSPS) is 18.6. The van der Waals surface area contributed by atoms with Crippen molar-refractivity contribution >= 4 is 47.8 Å². The van der Waals surface area contributed by atoms with E-state index in [-0.39, 0.29) is 0 Å². The lowest BCUT2D eigenvalue weighted by atomic mass is 10.1. The molecular weight excluding hydrogens is 810 g/mol. The third-order valence-electron chi connectivity index (χ3n) is 5.82. The number of hydrogen-bond donors (Lipinski definition) is 0. The van der Waals surface area contributed by atoms with Gasteiger partial charge < -0.3 is 9.11 Å². The summed E-state index contributed by atoms with van der Waals surface area (Å²) >= 11 is 0. The summed E-state index contributed by atoms with van der Waals surface area (Å²) in [5.41, 5.74) is 0. The SMILES string of the molecule is O=C(C[S+]1CCCC1)C[S+]1CCCC1.O=S(=O)([O-])C(F)(F)C(F)(F)C(F)(F)C(F)(F)F.O=S(=O)([O-])C(F)(F)C(F)(F)C(F)(F)C(F)(F)F. The van der Waals surface area contributed by atoms with Gasteiger partial charge in [0, 0.05) is 0 Å². The Bertz CT molecular complexity index is 1200. The lowest BCUT2D eigenvalue weighted by Crippen LogP contribution is -2.63. The minimum Gasteiger partial charge on any atom is -0.743 e. The van der Waals surface area contributed by atoms with Crippen LogP contribution in [0.25, 0.3) is 0 Å². The average molecular weight is 831 g/mol. The Morgan fingerprint density at radius 2 is 0.667 bits per heavy atom. The fraction of sp³-hybridized carbons (Fsp3) is 0.947. The quantitative estimate of drug-likeness (QED) is 0.166. The van der Waals surface area contributed by atoms with E-state index in [2.05, 4.69) is 0 Å². The number of hydrogen-bond acceptors (Lipinski definition) is 7. The molecule has 0 spiro atoms. The van der Waals surface area contributed by atoms with Crippen LogP contribution in [0.5, 0.6) is 0 Å². The van der Waals surface area contributed by atoms with Crippen LogP contribution >= 0.6 is 0 Å². The molecule has 0 aromatic rings. The molecule has 0 atom stereocenters. The molecule has 29 heteroatoms. The predicted molar refractivity (Wildman–Crippen MR) is 129 cm³/mol. The van der Waals surface area contributed by atoms with E-state index < -0.39 is 66.8 Å². The number of rotatable bonds is 10. The maximum Gasteiger partial charge on any atom is 0.460 e. The Balaban J connectivity index is 0.000000693. The first-order valence-electron chi connectivity index (χ1n) is 12.0. The summed E-state index contributed by atoms with van der Waals surface area (Å²) in [5.74, 6) is -21.8. The summed E-state index contributed by atoms with van der Waals surface area (Å²) < 4.78 is 271. The third kappa shape index (κ3) is 10.0. The number of Topliss-reactive ketones (excluding diaryl/α,β-unsaturated/α-hetero) is 1. The standard InChI is InChI=1S/C11H20OS2.2C4HF9O3S/c12-11(9-13-5-1-2-6-13)10-14-7-3-4-8-14;2*5-1(6,3(9,10)11)2(7,8)4(12,13)17(14,15)16/h1-10H2;2*(H,14,15,16)/q+2;;/p-2. The van der Waals surface area contributed by atoms with Crippen LogP contribution in [0.4, 0.5) is 79.0 Å². The van der Waals surface area contributed by atoms with E-state index in [4.69, 9.17) is 0 Å². The fourth-order valence-electron chi connectivity index (χ4n) is 3.25. The van der Waals surface area contributed by atoms with Crippen molar-refractivity contribution in [2.24, 2.45) is 0 Å². The van der Waals surface area contributed by atoms with Gasteiger partial charge in [-0.3, -0.25) is 4.79 Å². The Morgan fingerprint density at radius 3 is 0.833 bits per heavy atom. The molecule has 0 saturated carbocycles. The molecule has 0 N–H and O–H groups in total. The first kappa shape index (κ1) is 46.9. The molecule has 2 aliphatic rings. The molecule has 0 aromatic heterocycles. The Kier molecular flexibility index (Phi) is 14.9. The molecule has 2 rings (SSSR count). The van der Waals surface area contributed by atoms with Crippen molar-refractivity contribution < 1.29 is 110 Å². The highest BCUT2D eigenvalue weighted by atomic mass is 32.2. The summed E-state index contributed by atoms with van der Waals surface area (Å²) in [7, 11) is -13.8. The van der Waals surface area contributed by atoms with Crippen LogP contribution in [0.3, 0.4) is 0 Å². The molecular formula is C19H20F18O7S4. The van der Waals surface area contributed by atoms with Crippen LogP contribution in [-0.2, 0) is 46.8 Å². The molecule has 48 heavy (non-hydrogen) atoms. The van der Waals surface area contributed by atoms with E-state index in [0.29, 0.717) is 27.6 Å². The Labute approximate surface area is 264 Å². The van der Waals surface area contributed by atoms with Gasteiger partial charge in [0.05, 0.1) is 0 Å². The number of carbonyl (C=O) groups is 1. The lowest BCUT2D eigenvalue weighted by molar-refractivity contribution is -0.382. The fourth-order valence-corrected chi connectivity index (χ4v) is 8.81. The van der Waals surface area contributed by atoms with Crippen LogP contribution < -0.4 is 0 Å². The second kappa shape index (κ2) is 15.3. The summed E-state index contributed by atoms with van der Waals surface area (Å²) in [6.07, 6.45) is -8.82. The van der Waals surface area contributed by atoms with Gasteiger partial charge in [-0.25, -0.2) is 16.8 Å². The molecule has 0 unspecified atom stereocenters.